The standard InChI is InChI=1S/C45H69N11O16/c1-22(2)18-28(40(66)54-36(23(3)59)45(71)72)51-42(68)32-6-4-16-55(32)44(70)33-7-5-17-56(33)43(69)31(21-58)53-39(65)29(19-24-8-10-25(60)11-9-24)50-41(67)30(20-57)52-38(64)27(13-15-35(48)62)49-37(63)26(46)12-14-34(47)61/h8-11,22-23,26-33,36,57-60H,4-7,12-21,46H2,1-3H3,(H2,47,61)(H2,48,62)(H,49,63)(H,50,67)(H,51,68)(H,52,64)(H,53,65)(H,54,66)(H,71,72)/t23-,26+,27+,28+,29+,30+,31+,32+,33+,36+/m1/s1. The Morgan fingerprint density at radius 3 is 1.69 bits per heavy atom. The van der Waals surface area contributed by atoms with Crippen LogP contribution in [-0.2, 0) is 59.2 Å². The number of rotatable bonds is 28. The molecule has 0 radical (unpaired) electrons. The summed E-state index contributed by atoms with van der Waals surface area (Å²) >= 11 is 0. The number of amides is 10. The first-order valence-electron chi connectivity index (χ1n) is 23.5. The quantitative estimate of drug-likeness (QED) is 0.0372. The molecule has 0 aliphatic carbocycles. The summed E-state index contributed by atoms with van der Waals surface area (Å²) in [5, 5.41) is 64.2. The third-order valence-corrected chi connectivity index (χ3v) is 12.0. The molecular weight excluding hydrogens is 951 g/mol. The largest absolute Gasteiger partial charge is 0.508 e. The molecule has 27 nitrogen and oxygen atoms in total. The van der Waals surface area contributed by atoms with Crippen LogP contribution in [0.15, 0.2) is 24.3 Å². The topological polar surface area (TPSA) is 446 Å². The van der Waals surface area contributed by atoms with E-state index in [4.69, 9.17) is 17.2 Å². The normalized spacial score (nSPS) is 18.8. The number of primary amides is 2. The smallest absolute Gasteiger partial charge is 0.328 e. The summed E-state index contributed by atoms with van der Waals surface area (Å²) in [5.74, 6) is -10.7. The Hall–Kier alpha value is -6.97. The Balaban J connectivity index is 1.80. The number of phenolic OH excluding ortho intramolecular Hbond substituents is 1. The average molecular weight is 1020 g/mol. The highest BCUT2D eigenvalue weighted by Gasteiger charge is 2.45. The summed E-state index contributed by atoms with van der Waals surface area (Å²) in [7, 11) is 0. The number of nitrogens with zero attached hydrogens (tertiary/aromatic N) is 2. The van der Waals surface area contributed by atoms with Gasteiger partial charge in [0.05, 0.1) is 25.4 Å². The fourth-order valence-corrected chi connectivity index (χ4v) is 8.13. The van der Waals surface area contributed by atoms with Gasteiger partial charge in [0, 0.05) is 32.4 Å². The van der Waals surface area contributed by atoms with Gasteiger partial charge in [0.1, 0.15) is 48.0 Å². The van der Waals surface area contributed by atoms with Crippen molar-refractivity contribution in [3.8, 4) is 5.75 Å². The van der Waals surface area contributed by atoms with E-state index in [9.17, 15) is 78.3 Å². The first kappa shape index (κ1) is 59.3. The van der Waals surface area contributed by atoms with Crippen LogP contribution in [0.5, 0.6) is 5.75 Å². The lowest BCUT2D eigenvalue weighted by Crippen LogP contribution is -2.61. The van der Waals surface area contributed by atoms with Crippen molar-refractivity contribution >= 4 is 65.0 Å². The summed E-state index contributed by atoms with van der Waals surface area (Å²) < 4.78 is 0. The Bertz CT molecular complexity index is 2130. The Morgan fingerprint density at radius 1 is 0.639 bits per heavy atom. The molecule has 1 aromatic rings. The maximum atomic E-state index is 14.2. The van der Waals surface area contributed by atoms with Gasteiger partial charge in [-0.05, 0) is 75.5 Å². The SMILES string of the molecule is CC(C)C[C@H](NC(=O)[C@@H]1CCCN1C(=O)[C@@H]1CCCN1C(=O)[C@H](CO)NC(=O)[C@H](Cc1ccc(O)cc1)NC(=O)[C@H](CO)NC(=O)[C@H](CCC(N)=O)NC(=O)[C@@H](N)CCC(N)=O)C(=O)N[C@H](C(=O)O)[C@@H](C)O. The number of likely N-dealkylation sites (tertiary alicyclic amines) is 2. The van der Waals surface area contributed by atoms with Crippen molar-refractivity contribution in [2.75, 3.05) is 26.3 Å². The molecule has 1 aromatic carbocycles. The lowest BCUT2D eigenvalue weighted by Gasteiger charge is -2.33. The maximum absolute atomic E-state index is 14.2. The molecule has 400 valence electrons. The van der Waals surface area contributed by atoms with Crippen LogP contribution < -0.4 is 49.1 Å². The van der Waals surface area contributed by atoms with Crippen LogP contribution in [0.1, 0.15) is 84.1 Å². The highest BCUT2D eigenvalue weighted by molar-refractivity contribution is 5.98. The van der Waals surface area contributed by atoms with E-state index in [0.29, 0.717) is 18.4 Å². The van der Waals surface area contributed by atoms with Crippen molar-refractivity contribution < 1.29 is 78.3 Å². The fraction of sp³-hybridized carbons (Fsp3) is 0.622. The van der Waals surface area contributed by atoms with E-state index in [-0.39, 0.29) is 69.7 Å². The van der Waals surface area contributed by atoms with Gasteiger partial charge in [0.15, 0.2) is 6.04 Å². The van der Waals surface area contributed by atoms with Crippen LogP contribution >= 0.6 is 0 Å². The van der Waals surface area contributed by atoms with Gasteiger partial charge in [-0.3, -0.25) is 47.9 Å². The molecule has 10 amide bonds. The number of carboxylic acid groups (broad SMARTS) is 1. The highest BCUT2D eigenvalue weighted by atomic mass is 16.4. The van der Waals surface area contributed by atoms with E-state index in [2.05, 4.69) is 31.9 Å². The lowest BCUT2D eigenvalue weighted by molar-refractivity contribution is -0.149. The molecule has 0 bridgehead atoms. The second-order valence-electron chi connectivity index (χ2n) is 18.2. The molecule has 2 aliphatic heterocycles. The number of hydrogen-bond acceptors (Lipinski definition) is 16. The number of aromatic hydroxyl groups is 1. The lowest BCUT2D eigenvalue weighted by atomic mass is 10.0. The minimum absolute atomic E-state index is 0.00270. The molecule has 2 fully saturated rings. The number of benzene rings is 1. The minimum Gasteiger partial charge on any atom is -0.508 e. The van der Waals surface area contributed by atoms with E-state index in [1.807, 2.05) is 0 Å². The summed E-state index contributed by atoms with van der Waals surface area (Å²) in [6, 6.07) is -7.67. The van der Waals surface area contributed by atoms with Crippen LogP contribution in [0.3, 0.4) is 0 Å². The number of nitrogens with two attached hydrogens (primary N) is 3. The van der Waals surface area contributed by atoms with Gasteiger partial charge in [-0.2, -0.15) is 0 Å². The van der Waals surface area contributed by atoms with E-state index < -0.39 is 145 Å². The highest BCUT2D eigenvalue weighted by Crippen LogP contribution is 2.26. The first-order chi connectivity index (χ1) is 33.9. The van der Waals surface area contributed by atoms with Crippen LogP contribution in [-0.4, -0.2) is 187 Å². The molecule has 2 saturated heterocycles. The fourth-order valence-electron chi connectivity index (χ4n) is 8.13. The second-order valence-corrected chi connectivity index (χ2v) is 18.2. The Labute approximate surface area is 414 Å². The number of phenols is 1. The average Bonchev–Trinajstić information content (AvgIpc) is 4.03. The van der Waals surface area contributed by atoms with E-state index >= 15 is 0 Å². The molecular formula is C45H69N11O16. The molecule has 10 atom stereocenters. The molecule has 0 saturated carbocycles. The summed E-state index contributed by atoms with van der Waals surface area (Å²) in [4.78, 5) is 146. The van der Waals surface area contributed by atoms with Gasteiger partial charge < -0.3 is 84.4 Å². The summed E-state index contributed by atoms with van der Waals surface area (Å²) in [6.07, 6.45) is -1.92. The van der Waals surface area contributed by atoms with Gasteiger partial charge in [-0.15, -0.1) is 0 Å². The van der Waals surface area contributed by atoms with E-state index in [0.717, 1.165) is 4.90 Å². The number of hydrogen-bond donors (Lipinski definition) is 14. The number of carboxylic acids is 1. The molecule has 0 aromatic heterocycles. The van der Waals surface area contributed by atoms with Crippen molar-refractivity contribution in [3.05, 3.63) is 29.8 Å². The van der Waals surface area contributed by atoms with Gasteiger partial charge in [0.25, 0.3) is 0 Å². The van der Waals surface area contributed by atoms with Crippen molar-refractivity contribution in [2.24, 2.45) is 23.1 Å². The van der Waals surface area contributed by atoms with Crippen LogP contribution in [0.2, 0.25) is 0 Å². The number of carbonyl (C=O) groups excluding carboxylic acids is 10. The molecule has 2 aliphatic rings. The van der Waals surface area contributed by atoms with Crippen LogP contribution in [0, 0.1) is 5.92 Å². The monoisotopic (exact) mass is 1020 g/mol. The summed E-state index contributed by atoms with van der Waals surface area (Å²) in [5.41, 5.74) is 16.5. The number of aliphatic hydroxyl groups excluding tert-OH is 3. The Morgan fingerprint density at radius 2 is 1.14 bits per heavy atom. The van der Waals surface area contributed by atoms with Crippen molar-refractivity contribution in [2.45, 2.75) is 145 Å². The second kappa shape index (κ2) is 28.2. The third kappa shape index (κ3) is 17.7. The predicted molar refractivity (Wildman–Crippen MR) is 251 cm³/mol. The van der Waals surface area contributed by atoms with E-state index in [1.54, 1.807) is 13.8 Å². The van der Waals surface area contributed by atoms with Gasteiger partial charge in [-0.1, -0.05) is 26.0 Å². The molecule has 27 heteroatoms. The zero-order chi connectivity index (χ0) is 54.0. The van der Waals surface area contributed by atoms with Gasteiger partial charge in [-0.25, -0.2) is 4.79 Å². The number of nitrogens with one attached hydrogen (secondary N) is 6. The van der Waals surface area contributed by atoms with Crippen molar-refractivity contribution in [1.29, 1.82) is 0 Å². The summed E-state index contributed by atoms with van der Waals surface area (Å²) in [6.45, 7) is 2.77. The van der Waals surface area contributed by atoms with Gasteiger partial charge >= 0.3 is 5.97 Å². The van der Waals surface area contributed by atoms with Crippen molar-refractivity contribution in [3.63, 3.8) is 0 Å². The zero-order valence-electron chi connectivity index (χ0n) is 40.4. The molecule has 0 unspecified atom stereocenters. The number of aliphatic carboxylic acids is 1. The predicted octanol–water partition coefficient (Wildman–Crippen LogP) is -5.82. The number of aliphatic hydroxyl groups is 3. The molecule has 0 spiro atoms. The Kier molecular flexibility index (Phi) is 23.2. The molecule has 3 rings (SSSR count). The number of carbonyl (C=O) groups is 11. The molecule has 17 N–H and O–H groups in total. The third-order valence-electron chi connectivity index (χ3n) is 12.0. The maximum Gasteiger partial charge on any atom is 0.328 e. The van der Waals surface area contributed by atoms with Crippen LogP contribution in [0.25, 0.3) is 0 Å². The minimum atomic E-state index is -1.80. The van der Waals surface area contributed by atoms with Crippen LogP contribution in [0.4, 0.5) is 0 Å². The molecule has 2 heterocycles. The van der Waals surface area contributed by atoms with E-state index in [1.165, 1.54) is 36.1 Å². The van der Waals surface area contributed by atoms with Crippen molar-refractivity contribution in [1.82, 2.24) is 41.7 Å². The zero-order valence-corrected chi connectivity index (χ0v) is 40.4. The van der Waals surface area contributed by atoms with Gasteiger partial charge in [0.2, 0.25) is 59.1 Å². The molecule has 72 heavy (non-hydrogen) atoms. The first-order valence-corrected chi connectivity index (χ1v) is 23.5.